The average Bonchev–Trinajstić information content (AvgIpc) is 2.33. The van der Waals surface area contributed by atoms with Gasteiger partial charge in [-0.15, -0.1) is 0 Å². The van der Waals surface area contributed by atoms with Crippen molar-refractivity contribution in [3.05, 3.63) is 35.9 Å². The van der Waals surface area contributed by atoms with Crippen LogP contribution in [0.15, 0.2) is 30.3 Å². The van der Waals surface area contributed by atoms with Crippen molar-refractivity contribution in [1.29, 1.82) is 0 Å². The van der Waals surface area contributed by atoms with Crippen LogP contribution in [-0.2, 0) is 5.54 Å². The van der Waals surface area contributed by atoms with Gasteiger partial charge in [-0.2, -0.15) is 0 Å². The number of halogens is 1. The molecular formula is C12H15FN2O2. The van der Waals surface area contributed by atoms with Crippen LogP contribution >= 0.6 is 0 Å². The van der Waals surface area contributed by atoms with Gasteiger partial charge in [0.15, 0.2) is 6.30 Å². The van der Waals surface area contributed by atoms with Crippen LogP contribution in [0.5, 0.6) is 0 Å². The van der Waals surface area contributed by atoms with Crippen LogP contribution in [0.1, 0.15) is 12.5 Å². The second-order valence-corrected chi connectivity index (χ2v) is 4.26. The molecule has 0 bridgehead atoms. The molecule has 1 aliphatic rings. The van der Waals surface area contributed by atoms with Crippen molar-refractivity contribution in [3.8, 4) is 0 Å². The number of nitrogens with one attached hydrogen (secondary N) is 1. The number of carbonyl (C=O) groups is 1. The summed E-state index contributed by atoms with van der Waals surface area (Å²) >= 11 is 0. The Balaban J connectivity index is 2.45. The molecule has 0 aliphatic carbocycles. The Bertz CT molecular complexity index is 412. The first-order valence-electron chi connectivity index (χ1n) is 5.50. The van der Waals surface area contributed by atoms with Gasteiger partial charge in [0.05, 0.1) is 0 Å². The fraction of sp³-hybridized carbons (Fsp3) is 0.417. The van der Waals surface area contributed by atoms with Crippen molar-refractivity contribution in [3.63, 3.8) is 0 Å². The van der Waals surface area contributed by atoms with E-state index >= 15 is 0 Å². The normalized spacial score (nSPS) is 29.1. The first-order chi connectivity index (χ1) is 8.06. The van der Waals surface area contributed by atoms with Crippen molar-refractivity contribution in [2.45, 2.75) is 18.8 Å². The first-order valence-corrected chi connectivity index (χ1v) is 5.50. The summed E-state index contributed by atoms with van der Waals surface area (Å²) in [7, 11) is 0. The minimum Gasteiger partial charge on any atom is -0.465 e. The number of piperazine rings is 1. The van der Waals surface area contributed by atoms with E-state index in [9.17, 15) is 14.3 Å². The first kappa shape index (κ1) is 11.9. The SMILES string of the molecule is CC1(c2ccccc2)C(F)NCCN1C(=O)O. The third-order valence-corrected chi connectivity index (χ3v) is 3.30. The van der Waals surface area contributed by atoms with E-state index in [2.05, 4.69) is 5.32 Å². The number of carboxylic acid groups (broad SMARTS) is 1. The summed E-state index contributed by atoms with van der Waals surface area (Å²) in [5.41, 5.74) is -0.521. The van der Waals surface area contributed by atoms with Gasteiger partial charge in [0, 0.05) is 13.1 Å². The molecule has 1 aromatic rings. The zero-order valence-corrected chi connectivity index (χ0v) is 9.56. The number of alkyl halides is 1. The molecule has 2 unspecified atom stereocenters. The van der Waals surface area contributed by atoms with Crippen LogP contribution in [0.3, 0.4) is 0 Å². The molecule has 1 fully saturated rings. The summed E-state index contributed by atoms with van der Waals surface area (Å²) in [5.74, 6) is 0. The second-order valence-electron chi connectivity index (χ2n) is 4.26. The molecule has 2 atom stereocenters. The quantitative estimate of drug-likeness (QED) is 0.733. The summed E-state index contributed by atoms with van der Waals surface area (Å²) < 4.78 is 14.1. The van der Waals surface area contributed by atoms with Crippen LogP contribution < -0.4 is 5.32 Å². The maximum atomic E-state index is 14.1. The summed E-state index contributed by atoms with van der Waals surface area (Å²) in [6.07, 6.45) is -2.50. The lowest BCUT2D eigenvalue weighted by molar-refractivity contribution is -0.0139. The molecule has 5 heteroatoms. The van der Waals surface area contributed by atoms with E-state index < -0.39 is 17.9 Å². The standard InChI is InChI=1S/C12H15FN2O2/c1-12(9-5-3-2-4-6-9)10(13)14-7-8-15(12)11(16)17/h2-6,10,14H,7-8H2,1H3,(H,16,17). The summed E-state index contributed by atoms with van der Waals surface area (Å²) in [4.78, 5) is 12.4. The molecule has 1 heterocycles. The number of benzene rings is 1. The Morgan fingerprint density at radius 3 is 2.76 bits per heavy atom. The van der Waals surface area contributed by atoms with Gasteiger partial charge in [0.25, 0.3) is 0 Å². The molecule has 1 aromatic carbocycles. The molecule has 1 saturated heterocycles. The third kappa shape index (κ3) is 1.86. The van der Waals surface area contributed by atoms with Gasteiger partial charge in [0.2, 0.25) is 0 Å². The van der Waals surface area contributed by atoms with Crippen LogP contribution in [0.25, 0.3) is 0 Å². The number of hydrogen-bond donors (Lipinski definition) is 2. The topological polar surface area (TPSA) is 52.6 Å². The maximum absolute atomic E-state index is 14.1. The zero-order valence-electron chi connectivity index (χ0n) is 9.56. The van der Waals surface area contributed by atoms with E-state index in [0.29, 0.717) is 12.1 Å². The highest BCUT2D eigenvalue weighted by atomic mass is 19.1. The summed E-state index contributed by atoms with van der Waals surface area (Å²) in [6.45, 7) is 2.21. The Kier molecular flexibility index (Phi) is 3.02. The average molecular weight is 238 g/mol. The lowest BCUT2D eigenvalue weighted by Crippen LogP contribution is -2.63. The van der Waals surface area contributed by atoms with Crippen molar-refractivity contribution in [1.82, 2.24) is 10.2 Å². The van der Waals surface area contributed by atoms with Crippen molar-refractivity contribution in [2.75, 3.05) is 13.1 Å². The molecule has 1 amide bonds. The smallest absolute Gasteiger partial charge is 0.408 e. The minimum absolute atomic E-state index is 0.279. The molecular weight excluding hydrogens is 223 g/mol. The fourth-order valence-corrected chi connectivity index (χ4v) is 2.24. The Morgan fingerprint density at radius 2 is 2.18 bits per heavy atom. The second kappa shape index (κ2) is 4.33. The zero-order chi connectivity index (χ0) is 12.5. The lowest BCUT2D eigenvalue weighted by atomic mass is 9.87. The third-order valence-electron chi connectivity index (χ3n) is 3.30. The van der Waals surface area contributed by atoms with Crippen molar-refractivity contribution >= 4 is 6.09 Å². The van der Waals surface area contributed by atoms with Crippen LogP contribution in [0.4, 0.5) is 9.18 Å². The molecule has 4 nitrogen and oxygen atoms in total. The van der Waals surface area contributed by atoms with Gasteiger partial charge in [0.1, 0.15) is 5.54 Å². The summed E-state index contributed by atoms with van der Waals surface area (Å²) in [6, 6.07) is 8.87. The van der Waals surface area contributed by atoms with Gasteiger partial charge < -0.3 is 5.11 Å². The van der Waals surface area contributed by atoms with Gasteiger partial charge in [-0.1, -0.05) is 30.3 Å². The molecule has 0 saturated carbocycles. The Hall–Kier alpha value is -1.62. The van der Waals surface area contributed by atoms with E-state index in [1.54, 1.807) is 31.2 Å². The monoisotopic (exact) mass is 238 g/mol. The molecule has 2 rings (SSSR count). The van der Waals surface area contributed by atoms with E-state index in [-0.39, 0.29) is 6.54 Å². The van der Waals surface area contributed by atoms with Crippen LogP contribution in [0.2, 0.25) is 0 Å². The van der Waals surface area contributed by atoms with Crippen LogP contribution in [-0.4, -0.2) is 35.5 Å². The highest BCUT2D eigenvalue weighted by Crippen LogP contribution is 2.34. The minimum atomic E-state index is -1.41. The molecule has 0 aromatic heterocycles. The lowest BCUT2D eigenvalue weighted by Gasteiger charge is -2.45. The number of hydrogen-bond acceptors (Lipinski definition) is 2. The molecule has 2 N–H and O–H groups in total. The fourth-order valence-electron chi connectivity index (χ4n) is 2.24. The van der Waals surface area contributed by atoms with E-state index in [1.165, 1.54) is 0 Å². The predicted octanol–water partition coefficient (Wildman–Crippen LogP) is 1.78. The van der Waals surface area contributed by atoms with Gasteiger partial charge in [-0.25, -0.2) is 9.18 Å². The molecule has 92 valence electrons. The highest BCUT2D eigenvalue weighted by molar-refractivity contribution is 5.67. The van der Waals surface area contributed by atoms with Crippen LogP contribution in [0, 0.1) is 0 Å². The van der Waals surface area contributed by atoms with Crippen molar-refractivity contribution in [2.24, 2.45) is 0 Å². The molecule has 0 spiro atoms. The van der Waals surface area contributed by atoms with Gasteiger partial charge in [-0.3, -0.25) is 10.2 Å². The van der Waals surface area contributed by atoms with Crippen molar-refractivity contribution < 1.29 is 14.3 Å². The van der Waals surface area contributed by atoms with E-state index in [1.807, 2.05) is 6.07 Å². The largest absolute Gasteiger partial charge is 0.465 e. The van der Waals surface area contributed by atoms with E-state index in [4.69, 9.17) is 0 Å². The number of amides is 1. The Morgan fingerprint density at radius 1 is 1.53 bits per heavy atom. The Labute approximate surface area is 99.0 Å². The number of nitrogens with zero attached hydrogens (tertiary/aromatic N) is 1. The van der Waals surface area contributed by atoms with Gasteiger partial charge in [-0.05, 0) is 12.5 Å². The predicted molar refractivity (Wildman–Crippen MR) is 61.4 cm³/mol. The van der Waals surface area contributed by atoms with Gasteiger partial charge >= 0.3 is 6.09 Å². The molecule has 1 aliphatic heterocycles. The summed E-state index contributed by atoms with van der Waals surface area (Å²) in [5, 5.41) is 11.9. The highest BCUT2D eigenvalue weighted by Gasteiger charge is 2.46. The van der Waals surface area contributed by atoms with E-state index in [0.717, 1.165) is 4.90 Å². The molecule has 0 radical (unpaired) electrons. The maximum Gasteiger partial charge on any atom is 0.408 e. The molecule has 17 heavy (non-hydrogen) atoms. The number of rotatable bonds is 1.